The predicted octanol–water partition coefficient (Wildman–Crippen LogP) is 2.20. The smallest absolute Gasteiger partial charge is 0.0886 e. The number of hydrogen-bond donors (Lipinski definition) is 1. The standard InChI is InChI=1S/C12H12N2O/c1-9(15)10-5-6-12(14-8-10)11-4-2-3-7-13-11/h2-9,15H,1H3/t9-/m0/s1. The second-order valence-corrected chi connectivity index (χ2v) is 3.37. The van der Waals surface area contributed by atoms with Gasteiger partial charge in [0.05, 0.1) is 17.5 Å². The van der Waals surface area contributed by atoms with E-state index in [1.165, 1.54) is 0 Å². The lowest BCUT2D eigenvalue weighted by Gasteiger charge is -2.04. The van der Waals surface area contributed by atoms with Crippen molar-refractivity contribution in [1.82, 2.24) is 9.97 Å². The van der Waals surface area contributed by atoms with Crippen molar-refractivity contribution in [2.75, 3.05) is 0 Å². The molecular formula is C12H12N2O. The molecule has 0 spiro atoms. The molecule has 0 bridgehead atoms. The molecule has 0 aliphatic carbocycles. The molecule has 0 aliphatic rings. The molecule has 0 saturated carbocycles. The average Bonchev–Trinajstić information content (AvgIpc) is 2.30. The third-order valence-corrected chi connectivity index (χ3v) is 2.20. The molecule has 15 heavy (non-hydrogen) atoms. The third-order valence-electron chi connectivity index (χ3n) is 2.20. The molecule has 0 saturated heterocycles. The first-order chi connectivity index (χ1) is 7.27. The third kappa shape index (κ3) is 2.19. The number of pyridine rings is 2. The second kappa shape index (κ2) is 4.19. The van der Waals surface area contributed by atoms with E-state index in [0.29, 0.717) is 0 Å². The molecule has 1 atom stereocenters. The second-order valence-electron chi connectivity index (χ2n) is 3.37. The Morgan fingerprint density at radius 3 is 2.40 bits per heavy atom. The zero-order valence-corrected chi connectivity index (χ0v) is 8.46. The van der Waals surface area contributed by atoms with Crippen LogP contribution in [0.5, 0.6) is 0 Å². The molecule has 2 rings (SSSR count). The van der Waals surface area contributed by atoms with Crippen LogP contribution in [0.25, 0.3) is 11.4 Å². The van der Waals surface area contributed by atoms with Gasteiger partial charge in [-0.05, 0) is 30.7 Å². The molecule has 3 nitrogen and oxygen atoms in total. The summed E-state index contributed by atoms with van der Waals surface area (Å²) >= 11 is 0. The van der Waals surface area contributed by atoms with Crippen LogP contribution in [-0.4, -0.2) is 15.1 Å². The fraction of sp³-hybridized carbons (Fsp3) is 0.167. The minimum Gasteiger partial charge on any atom is -0.389 e. The quantitative estimate of drug-likeness (QED) is 0.808. The van der Waals surface area contributed by atoms with Crippen molar-refractivity contribution >= 4 is 0 Å². The van der Waals surface area contributed by atoms with Crippen LogP contribution >= 0.6 is 0 Å². The van der Waals surface area contributed by atoms with Crippen molar-refractivity contribution < 1.29 is 5.11 Å². The first-order valence-corrected chi connectivity index (χ1v) is 4.83. The van der Waals surface area contributed by atoms with Gasteiger partial charge in [-0.25, -0.2) is 0 Å². The highest BCUT2D eigenvalue weighted by atomic mass is 16.3. The van der Waals surface area contributed by atoms with Crippen molar-refractivity contribution in [1.29, 1.82) is 0 Å². The van der Waals surface area contributed by atoms with Crippen LogP contribution in [0.1, 0.15) is 18.6 Å². The Bertz CT molecular complexity index is 423. The Kier molecular flexibility index (Phi) is 2.74. The van der Waals surface area contributed by atoms with Gasteiger partial charge in [-0.1, -0.05) is 12.1 Å². The largest absolute Gasteiger partial charge is 0.389 e. The lowest BCUT2D eigenvalue weighted by Crippen LogP contribution is -1.93. The Morgan fingerprint density at radius 1 is 1.07 bits per heavy atom. The summed E-state index contributed by atoms with van der Waals surface area (Å²) in [5, 5.41) is 9.33. The summed E-state index contributed by atoms with van der Waals surface area (Å²) in [7, 11) is 0. The lowest BCUT2D eigenvalue weighted by molar-refractivity contribution is 0.199. The van der Waals surface area contributed by atoms with Gasteiger partial charge in [-0.15, -0.1) is 0 Å². The minimum atomic E-state index is -0.477. The number of rotatable bonds is 2. The summed E-state index contributed by atoms with van der Waals surface area (Å²) in [4.78, 5) is 8.45. The highest BCUT2D eigenvalue weighted by Gasteiger charge is 2.03. The van der Waals surface area contributed by atoms with E-state index in [1.807, 2.05) is 30.3 Å². The first-order valence-electron chi connectivity index (χ1n) is 4.83. The Morgan fingerprint density at radius 2 is 1.87 bits per heavy atom. The maximum Gasteiger partial charge on any atom is 0.0886 e. The molecule has 0 amide bonds. The molecule has 0 aromatic carbocycles. The molecule has 2 aromatic rings. The van der Waals surface area contributed by atoms with Gasteiger partial charge in [0.1, 0.15) is 0 Å². The normalized spacial score (nSPS) is 12.4. The van der Waals surface area contributed by atoms with Gasteiger partial charge < -0.3 is 5.11 Å². The highest BCUT2D eigenvalue weighted by molar-refractivity contribution is 5.53. The van der Waals surface area contributed by atoms with Gasteiger partial charge in [0, 0.05) is 12.4 Å². The van der Waals surface area contributed by atoms with E-state index >= 15 is 0 Å². The Balaban J connectivity index is 2.32. The summed E-state index contributed by atoms with van der Waals surface area (Å²) in [6.45, 7) is 1.72. The molecule has 76 valence electrons. The zero-order valence-electron chi connectivity index (χ0n) is 8.46. The van der Waals surface area contributed by atoms with Crippen LogP contribution < -0.4 is 0 Å². The molecule has 2 aromatic heterocycles. The van der Waals surface area contributed by atoms with Gasteiger partial charge in [-0.3, -0.25) is 9.97 Å². The molecule has 1 N–H and O–H groups in total. The number of aromatic nitrogens is 2. The molecule has 3 heteroatoms. The summed E-state index contributed by atoms with van der Waals surface area (Å²) in [6, 6.07) is 9.43. The number of hydrogen-bond acceptors (Lipinski definition) is 3. The fourth-order valence-electron chi connectivity index (χ4n) is 1.32. The molecule has 0 unspecified atom stereocenters. The van der Waals surface area contributed by atoms with Crippen LogP contribution in [0.2, 0.25) is 0 Å². The maximum absolute atomic E-state index is 9.33. The van der Waals surface area contributed by atoms with E-state index in [-0.39, 0.29) is 0 Å². The lowest BCUT2D eigenvalue weighted by atomic mass is 10.1. The van der Waals surface area contributed by atoms with E-state index in [2.05, 4.69) is 9.97 Å². The summed E-state index contributed by atoms with van der Waals surface area (Å²) in [6.07, 6.45) is 2.93. The molecule has 2 heterocycles. The SMILES string of the molecule is C[C@H](O)c1ccc(-c2ccccn2)nc1. The number of nitrogens with zero attached hydrogens (tertiary/aromatic N) is 2. The zero-order chi connectivity index (χ0) is 10.7. The number of aliphatic hydroxyl groups excluding tert-OH is 1. The van der Waals surface area contributed by atoms with Crippen molar-refractivity contribution in [2.45, 2.75) is 13.0 Å². The molecule has 0 radical (unpaired) electrons. The Hall–Kier alpha value is -1.74. The van der Waals surface area contributed by atoms with Gasteiger partial charge in [0.15, 0.2) is 0 Å². The summed E-state index contributed by atoms with van der Waals surface area (Å²) < 4.78 is 0. The predicted molar refractivity (Wildman–Crippen MR) is 58.1 cm³/mol. The van der Waals surface area contributed by atoms with E-state index in [9.17, 15) is 5.11 Å². The van der Waals surface area contributed by atoms with Crippen LogP contribution in [-0.2, 0) is 0 Å². The monoisotopic (exact) mass is 200 g/mol. The highest BCUT2D eigenvalue weighted by Crippen LogP contribution is 2.16. The number of aliphatic hydroxyl groups is 1. The van der Waals surface area contributed by atoms with Crippen LogP contribution in [0.3, 0.4) is 0 Å². The maximum atomic E-state index is 9.33. The minimum absolute atomic E-state index is 0.477. The van der Waals surface area contributed by atoms with E-state index in [0.717, 1.165) is 17.0 Å². The van der Waals surface area contributed by atoms with Crippen molar-refractivity contribution in [3.63, 3.8) is 0 Å². The van der Waals surface area contributed by atoms with Gasteiger partial charge >= 0.3 is 0 Å². The van der Waals surface area contributed by atoms with Gasteiger partial charge in [0.25, 0.3) is 0 Å². The fourth-order valence-corrected chi connectivity index (χ4v) is 1.32. The molecule has 0 aliphatic heterocycles. The first kappa shape index (κ1) is 9.80. The van der Waals surface area contributed by atoms with Crippen LogP contribution in [0.4, 0.5) is 0 Å². The average molecular weight is 200 g/mol. The van der Waals surface area contributed by atoms with Gasteiger partial charge in [0.2, 0.25) is 0 Å². The summed E-state index contributed by atoms with van der Waals surface area (Å²) in [5.41, 5.74) is 2.48. The van der Waals surface area contributed by atoms with Crippen LogP contribution in [0, 0.1) is 0 Å². The van der Waals surface area contributed by atoms with E-state index < -0.39 is 6.10 Å². The van der Waals surface area contributed by atoms with Crippen molar-refractivity contribution in [2.24, 2.45) is 0 Å². The van der Waals surface area contributed by atoms with E-state index in [4.69, 9.17) is 0 Å². The van der Waals surface area contributed by atoms with Crippen molar-refractivity contribution in [3.05, 3.63) is 48.3 Å². The van der Waals surface area contributed by atoms with Crippen LogP contribution in [0.15, 0.2) is 42.7 Å². The summed E-state index contributed by atoms with van der Waals surface area (Å²) in [5.74, 6) is 0. The van der Waals surface area contributed by atoms with Crippen molar-refractivity contribution in [3.8, 4) is 11.4 Å². The Labute approximate surface area is 88.5 Å². The van der Waals surface area contributed by atoms with Gasteiger partial charge in [-0.2, -0.15) is 0 Å². The molecule has 0 fully saturated rings. The van der Waals surface area contributed by atoms with E-state index in [1.54, 1.807) is 19.3 Å². The topological polar surface area (TPSA) is 46.0 Å². The molecular weight excluding hydrogens is 188 g/mol.